The Balaban J connectivity index is 2.42. The molecular formula is C13H21N3O3S. The molecule has 0 spiro atoms. The number of ether oxygens (including phenoxy) is 1. The van der Waals surface area contributed by atoms with Gasteiger partial charge in [-0.25, -0.2) is 5.01 Å². The first-order valence-electron chi connectivity index (χ1n) is 6.75. The Hall–Kier alpha value is -1.63. The van der Waals surface area contributed by atoms with Gasteiger partial charge in [-0.3, -0.25) is 14.6 Å². The van der Waals surface area contributed by atoms with Gasteiger partial charge in [0.25, 0.3) is 5.91 Å². The second-order valence-electron chi connectivity index (χ2n) is 4.23. The predicted octanol–water partition coefficient (Wildman–Crippen LogP) is 0.840. The number of nitrogens with one attached hydrogen (secondary N) is 1. The van der Waals surface area contributed by atoms with Crippen molar-refractivity contribution in [3.05, 3.63) is 12.2 Å². The summed E-state index contributed by atoms with van der Waals surface area (Å²) in [5.74, 6) is -0.342. The fraction of sp³-hybridized carbons (Fsp3) is 0.615. The smallest absolute Gasteiger partial charge is 0.307 e. The summed E-state index contributed by atoms with van der Waals surface area (Å²) in [5.41, 5.74) is 0. The molecule has 1 aliphatic rings. The summed E-state index contributed by atoms with van der Waals surface area (Å²) in [5, 5.41) is 6.79. The second-order valence-corrected chi connectivity index (χ2v) is 4.61. The number of carbonyl (C=O) groups excluding carboxylic acids is 2. The van der Waals surface area contributed by atoms with Gasteiger partial charge in [-0.2, -0.15) is 0 Å². The Morgan fingerprint density at radius 1 is 1.35 bits per heavy atom. The van der Waals surface area contributed by atoms with E-state index < -0.39 is 0 Å². The van der Waals surface area contributed by atoms with E-state index in [1.165, 1.54) is 6.08 Å². The predicted molar refractivity (Wildman–Crippen MR) is 79.7 cm³/mol. The van der Waals surface area contributed by atoms with Crippen molar-refractivity contribution >= 4 is 29.2 Å². The van der Waals surface area contributed by atoms with E-state index >= 15 is 0 Å². The van der Waals surface area contributed by atoms with Crippen LogP contribution in [0.4, 0.5) is 0 Å². The molecule has 0 atom stereocenters. The molecule has 0 aromatic rings. The minimum Gasteiger partial charge on any atom is -0.466 e. The third kappa shape index (κ3) is 4.80. The van der Waals surface area contributed by atoms with E-state index in [1.807, 2.05) is 0 Å². The molecule has 0 bridgehead atoms. The van der Waals surface area contributed by atoms with Crippen molar-refractivity contribution in [1.29, 1.82) is 0 Å². The van der Waals surface area contributed by atoms with Gasteiger partial charge in [0, 0.05) is 25.7 Å². The monoisotopic (exact) mass is 299 g/mol. The lowest BCUT2D eigenvalue weighted by Crippen LogP contribution is -2.49. The van der Waals surface area contributed by atoms with E-state index in [2.05, 4.69) is 5.32 Å². The third-order valence-corrected chi connectivity index (χ3v) is 3.10. The second kappa shape index (κ2) is 8.52. The number of hydrogen-bond acceptors (Lipinski definition) is 4. The number of amides is 1. The molecule has 1 heterocycles. The van der Waals surface area contributed by atoms with Crippen LogP contribution in [0, 0.1) is 0 Å². The molecular weight excluding hydrogens is 278 g/mol. The molecule has 1 rings (SSSR count). The molecule has 6 nitrogen and oxygen atoms in total. The van der Waals surface area contributed by atoms with Crippen molar-refractivity contribution < 1.29 is 14.3 Å². The number of nitrogens with zero attached hydrogens (tertiary/aromatic N) is 2. The fourth-order valence-corrected chi connectivity index (χ4v) is 2.17. The van der Waals surface area contributed by atoms with Gasteiger partial charge in [-0.15, -0.1) is 0 Å². The molecule has 7 heteroatoms. The highest BCUT2D eigenvalue weighted by molar-refractivity contribution is 7.80. The molecule has 112 valence electrons. The zero-order chi connectivity index (χ0) is 15.0. The average Bonchev–Trinajstić information content (AvgIpc) is 2.88. The van der Waals surface area contributed by atoms with Crippen LogP contribution < -0.4 is 5.32 Å². The first kappa shape index (κ1) is 16.4. The van der Waals surface area contributed by atoms with Gasteiger partial charge in [-0.1, -0.05) is 6.08 Å². The normalized spacial score (nSPS) is 14.7. The largest absolute Gasteiger partial charge is 0.466 e. The van der Waals surface area contributed by atoms with Gasteiger partial charge in [0.2, 0.25) is 0 Å². The third-order valence-electron chi connectivity index (χ3n) is 2.74. The molecule has 0 saturated carbocycles. The van der Waals surface area contributed by atoms with Gasteiger partial charge < -0.3 is 10.1 Å². The van der Waals surface area contributed by atoms with E-state index in [0.717, 1.165) is 6.42 Å². The zero-order valence-corrected chi connectivity index (χ0v) is 12.7. The maximum Gasteiger partial charge on any atom is 0.307 e. The lowest BCUT2D eigenvalue weighted by molar-refractivity contribution is -0.143. The van der Waals surface area contributed by atoms with Crippen LogP contribution in [0.25, 0.3) is 0 Å². The Bertz CT molecular complexity index is 398. The fourth-order valence-electron chi connectivity index (χ4n) is 1.88. The molecule has 0 aliphatic carbocycles. The lowest BCUT2D eigenvalue weighted by atomic mass is 10.4. The number of carbonyl (C=O) groups is 2. The van der Waals surface area contributed by atoms with Gasteiger partial charge in [0.05, 0.1) is 13.0 Å². The molecule has 1 fully saturated rings. The quantitative estimate of drug-likeness (QED) is 0.461. The van der Waals surface area contributed by atoms with Crippen LogP contribution in [-0.4, -0.2) is 53.2 Å². The van der Waals surface area contributed by atoms with Crippen molar-refractivity contribution in [2.75, 3.05) is 26.2 Å². The van der Waals surface area contributed by atoms with E-state index in [9.17, 15) is 9.59 Å². The zero-order valence-electron chi connectivity index (χ0n) is 11.9. The summed E-state index contributed by atoms with van der Waals surface area (Å²) in [4.78, 5) is 23.1. The number of hydrogen-bond donors (Lipinski definition) is 1. The summed E-state index contributed by atoms with van der Waals surface area (Å²) in [7, 11) is 0. The Morgan fingerprint density at radius 2 is 2.05 bits per heavy atom. The molecule has 1 N–H and O–H groups in total. The van der Waals surface area contributed by atoms with E-state index in [1.54, 1.807) is 29.9 Å². The minimum atomic E-state index is -0.258. The van der Waals surface area contributed by atoms with Crippen LogP contribution in [0.1, 0.15) is 26.7 Å². The van der Waals surface area contributed by atoms with Gasteiger partial charge in [0.15, 0.2) is 5.11 Å². The van der Waals surface area contributed by atoms with Crippen LogP contribution >= 0.6 is 12.2 Å². The van der Waals surface area contributed by atoms with Crippen LogP contribution in [0.2, 0.25) is 0 Å². The highest BCUT2D eigenvalue weighted by Crippen LogP contribution is 2.11. The van der Waals surface area contributed by atoms with E-state index in [0.29, 0.717) is 31.4 Å². The SMILES string of the molecule is CC=CC(=O)N1CCCN1C(=S)NCCC(=O)OCC. The number of rotatable bonds is 5. The maximum atomic E-state index is 11.9. The molecule has 20 heavy (non-hydrogen) atoms. The standard InChI is InChI=1S/C13H21N3O3S/c1-3-6-11(17)15-9-5-10-16(15)13(20)14-8-7-12(18)19-4-2/h3,6H,4-5,7-10H2,1-2H3,(H,14,20). The number of hydrazine groups is 1. The molecule has 0 unspecified atom stereocenters. The maximum absolute atomic E-state index is 11.9. The van der Waals surface area contributed by atoms with Gasteiger partial charge in [0.1, 0.15) is 0 Å². The van der Waals surface area contributed by atoms with Crippen molar-refractivity contribution in [3.8, 4) is 0 Å². The van der Waals surface area contributed by atoms with Crippen molar-refractivity contribution in [2.45, 2.75) is 26.7 Å². The molecule has 1 saturated heterocycles. The summed E-state index contributed by atoms with van der Waals surface area (Å²) < 4.78 is 4.83. The summed E-state index contributed by atoms with van der Waals surface area (Å²) in [6.07, 6.45) is 4.35. The van der Waals surface area contributed by atoms with Crippen molar-refractivity contribution in [3.63, 3.8) is 0 Å². The first-order valence-corrected chi connectivity index (χ1v) is 7.16. The summed E-state index contributed by atoms with van der Waals surface area (Å²) in [6, 6.07) is 0. The van der Waals surface area contributed by atoms with E-state index in [4.69, 9.17) is 17.0 Å². The minimum absolute atomic E-state index is 0.0838. The number of allylic oxidation sites excluding steroid dienone is 1. The summed E-state index contributed by atoms with van der Waals surface area (Å²) in [6.45, 7) is 5.71. The Kier molecular flexibility index (Phi) is 7.00. The van der Waals surface area contributed by atoms with Gasteiger partial charge in [-0.05, 0) is 32.5 Å². The lowest BCUT2D eigenvalue weighted by Gasteiger charge is -2.29. The van der Waals surface area contributed by atoms with Crippen LogP contribution in [0.15, 0.2) is 12.2 Å². The topological polar surface area (TPSA) is 61.9 Å². The van der Waals surface area contributed by atoms with Crippen LogP contribution in [0.5, 0.6) is 0 Å². The molecule has 0 aromatic heterocycles. The summed E-state index contributed by atoms with van der Waals surface area (Å²) >= 11 is 5.26. The Morgan fingerprint density at radius 3 is 2.70 bits per heavy atom. The van der Waals surface area contributed by atoms with Crippen LogP contribution in [0.3, 0.4) is 0 Å². The van der Waals surface area contributed by atoms with Gasteiger partial charge >= 0.3 is 5.97 Å². The van der Waals surface area contributed by atoms with Crippen molar-refractivity contribution in [2.24, 2.45) is 0 Å². The average molecular weight is 299 g/mol. The Labute approximate surface area is 124 Å². The number of esters is 1. The van der Waals surface area contributed by atoms with Crippen LogP contribution in [-0.2, 0) is 14.3 Å². The molecule has 1 amide bonds. The highest BCUT2D eigenvalue weighted by atomic mass is 32.1. The molecule has 1 aliphatic heterocycles. The first-order chi connectivity index (χ1) is 9.60. The molecule has 0 radical (unpaired) electrons. The van der Waals surface area contributed by atoms with Crippen molar-refractivity contribution in [1.82, 2.24) is 15.3 Å². The highest BCUT2D eigenvalue weighted by Gasteiger charge is 2.27. The van der Waals surface area contributed by atoms with E-state index in [-0.39, 0.29) is 18.3 Å². The molecule has 0 aromatic carbocycles. The number of thiocarbonyl (C=S) groups is 1.